The highest BCUT2D eigenvalue weighted by molar-refractivity contribution is 5.97. The van der Waals surface area contributed by atoms with Gasteiger partial charge in [-0.3, -0.25) is 4.79 Å². The number of aromatic nitrogens is 1. The van der Waals surface area contributed by atoms with Crippen LogP contribution in [0.2, 0.25) is 0 Å². The highest BCUT2D eigenvalue weighted by Gasteiger charge is 2.41. The molecule has 2 aliphatic rings. The second-order valence-electron chi connectivity index (χ2n) is 7.72. The molecule has 1 aromatic heterocycles. The Kier molecular flexibility index (Phi) is 4.94. The molecule has 9 heteroatoms. The van der Waals surface area contributed by atoms with Crippen LogP contribution in [0.25, 0.3) is 10.9 Å². The summed E-state index contributed by atoms with van der Waals surface area (Å²) in [4.78, 5) is 26.1. The molecule has 1 aliphatic heterocycles. The number of fused-ring (bicyclic) bond motifs is 1. The quantitative estimate of drug-likeness (QED) is 0.763. The van der Waals surface area contributed by atoms with Gasteiger partial charge in [-0.1, -0.05) is 0 Å². The van der Waals surface area contributed by atoms with E-state index in [2.05, 4.69) is 0 Å². The highest BCUT2D eigenvalue weighted by atomic mass is 19.1. The van der Waals surface area contributed by atoms with Crippen molar-refractivity contribution in [1.82, 2.24) is 4.57 Å². The first-order valence-electron chi connectivity index (χ1n) is 9.65. The van der Waals surface area contributed by atoms with Crippen molar-refractivity contribution in [1.29, 1.82) is 0 Å². The summed E-state index contributed by atoms with van der Waals surface area (Å²) in [7, 11) is 1.37. The molecule has 0 unspecified atom stereocenters. The first-order chi connectivity index (χ1) is 13.9. The molecule has 2 heterocycles. The first-order valence-corrected chi connectivity index (χ1v) is 9.65. The summed E-state index contributed by atoms with van der Waals surface area (Å²) in [6, 6.07) is 0.441. The third-order valence-corrected chi connectivity index (χ3v) is 5.85. The Morgan fingerprint density at radius 2 is 2.17 bits per heavy atom. The van der Waals surface area contributed by atoms with E-state index in [4.69, 9.17) is 10.5 Å². The summed E-state index contributed by atoms with van der Waals surface area (Å²) < 4.78 is 36.0. The molecule has 1 saturated carbocycles. The number of nitrogens with zero attached hydrogens (tertiary/aromatic N) is 2. The van der Waals surface area contributed by atoms with Gasteiger partial charge >= 0.3 is 5.97 Å². The zero-order valence-electron chi connectivity index (χ0n) is 16.0. The maximum atomic E-state index is 15.2. The summed E-state index contributed by atoms with van der Waals surface area (Å²) in [5.74, 6) is -1.65. The number of ether oxygens (including phenoxy) is 1. The SMILES string of the molecule is COc1c(N2CC[C@H](CCN)C2)c(F)cc2c(=O)c(C(=O)O)cn([C@@H]3C[C@@H]3F)c12. The number of anilines is 1. The highest BCUT2D eigenvalue weighted by Crippen LogP contribution is 2.46. The maximum Gasteiger partial charge on any atom is 0.341 e. The van der Waals surface area contributed by atoms with Crippen LogP contribution < -0.4 is 20.8 Å². The molecule has 0 spiro atoms. The van der Waals surface area contributed by atoms with Crippen molar-refractivity contribution in [2.75, 3.05) is 31.6 Å². The van der Waals surface area contributed by atoms with Crippen molar-refractivity contribution < 1.29 is 23.4 Å². The zero-order chi connectivity index (χ0) is 20.9. The van der Waals surface area contributed by atoms with Crippen molar-refractivity contribution >= 4 is 22.6 Å². The lowest BCUT2D eigenvalue weighted by Gasteiger charge is -2.24. The van der Waals surface area contributed by atoms with E-state index < -0.39 is 35.0 Å². The largest absolute Gasteiger partial charge is 0.492 e. The fraction of sp³-hybridized carbons (Fsp3) is 0.500. The van der Waals surface area contributed by atoms with Gasteiger partial charge in [-0.15, -0.1) is 0 Å². The second-order valence-corrected chi connectivity index (χ2v) is 7.72. The lowest BCUT2D eigenvalue weighted by molar-refractivity contribution is 0.0694. The monoisotopic (exact) mass is 407 g/mol. The normalized spacial score (nSPS) is 23.6. The fourth-order valence-electron chi connectivity index (χ4n) is 4.29. The van der Waals surface area contributed by atoms with E-state index in [0.717, 1.165) is 25.1 Å². The van der Waals surface area contributed by atoms with Crippen LogP contribution >= 0.6 is 0 Å². The number of carboxylic acids is 1. The topological polar surface area (TPSA) is 97.8 Å². The van der Waals surface area contributed by atoms with Gasteiger partial charge in [0, 0.05) is 25.7 Å². The van der Waals surface area contributed by atoms with Crippen LogP contribution in [0.4, 0.5) is 14.5 Å². The van der Waals surface area contributed by atoms with Crippen LogP contribution in [0.5, 0.6) is 5.75 Å². The lowest BCUT2D eigenvalue weighted by Crippen LogP contribution is -2.24. The molecular formula is C20H23F2N3O4. The Bertz CT molecular complexity index is 1040. The third-order valence-electron chi connectivity index (χ3n) is 5.85. The number of aromatic carboxylic acids is 1. The van der Waals surface area contributed by atoms with Gasteiger partial charge in [-0.25, -0.2) is 13.6 Å². The number of alkyl halides is 1. The van der Waals surface area contributed by atoms with E-state index >= 15 is 4.39 Å². The van der Waals surface area contributed by atoms with Gasteiger partial charge in [0.05, 0.1) is 24.1 Å². The average Bonchev–Trinajstić information content (AvgIpc) is 3.22. The lowest BCUT2D eigenvalue weighted by atomic mass is 10.1. The standard InChI is InChI=1S/C20H23F2N3O4/c1-29-19-16-11(6-14(22)17(19)24-5-3-10(8-24)2-4-23)18(26)12(20(27)28)9-25(16)15-7-13(15)21/h6,9-10,13,15H,2-5,7-8,23H2,1H3,(H,27,28)/t10-,13-,15+/m0/s1. The molecule has 0 amide bonds. The van der Waals surface area contributed by atoms with Crippen LogP contribution in [0, 0.1) is 11.7 Å². The smallest absolute Gasteiger partial charge is 0.341 e. The number of methoxy groups -OCH3 is 1. The van der Waals surface area contributed by atoms with Crippen LogP contribution in [0.15, 0.2) is 17.1 Å². The molecule has 2 fully saturated rings. The second kappa shape index (κ2) is 7.29. The predicted molar refractivity (Wildman–Crippen MR) is 104 cm³/mol. The summed E-state index contributed by atoms with van der Waals surface area (Å²) in [5.41, 5.74) is 4.75. The number of carbonyl (C=O) groups is 1. The van der Waals surface area contributed by atoms with Gasteiger partial charge < -0.3 is 25.0 Å². The molecule has 0 bridgehead atoms. The van der Waals surface area contributed by atoms with Crippen molar-refractivity contribution in [3.63, 3.8) is 0 Å². The first kappa shape index (κ1) is 19.6. The zero-order valence-corrected chi connectivity index (χ0v) is 16.0. The Morgan fingerprint density at radius 1 is 1.45 bits per heavy atom. The van der Waals surface area contributed by atoms with Crippen LogP contribution in [-0.4, -0.2) is 48.6 Å². The molecule has 2 aromatic rings. The van der Waals surface area contributed by atoms with E-state index in [1.54, 1.807) is 0 Å². The number of nitrogens with two attached hydrogens (primary N) is 1. The van der Waals surface area contributed by atoms with Crippen LogP contribution in [0.1, 0.15) is 35.7 Å². The van der Waals surface area contributed by atoms with Gasteiger partial charge in [-0.05, 0) is 31.4 Å². The summed E-state index contributed by atoms with van der Waals surface area (Å²) in [6.45, 7) is 1.76. The number of halogens is 2. The summed E-state index contributed by atoms with van der Waals surface area (Å²) in [5, 5.41) is 9.24. The molecule has 156 valence electrons. The molecule has 1 saturated heterocycles. The molecule has 3 N–H and O–H groups in total. The summed E-state index contributed by atoms with van der Waals surface area (Å²) >= 11 is 0. The van der Waals surface area contributed by atoms with E-state index in [1.807, 2.05) is 4.90 Å². The number of pyridine rings is 1. The minimum atomic E-state index is -1.44. The average molecular weight is 407 g/mol. The maximum absolute atomic E-state index is 15.2. The van der Waals surface area contributed by atoms with Crippen LogP contribution in [0.3, 0.4) is 0 Å². The predicted octanol–water partition coefficient (Wildman–Crippen LogP) is 2.31. The summed E-state index contributed by atoms with van der Waals surface area (Å²) in [6.07, 6.45) is 1.88. The van der Waals surface area contributed by atoms with Crippen molar-refractivity contribution in [3.8, 4) is 5.75 Å². The Hall–Kier alpha value is -2.68. The molecule has 1 aliphatic carbocycles. The van der Waals surface area contributed by atoms with Gasteiger partial charge in [-0.2, -0.15) is 0 Å². The number of rotatable bonds is 6. The Labute approximate surface area is 165 Å². The van der Waals surface area contributed by atoms with Crippen LogP contribution in [-0.2, 0) is 0 Å². The number of benzene rings is 1. The van der Waals surface area contributed by atoms with E-state index in [1.165, 1.54) is 11.7 Å². The minimum absolute atomic E-state index is 0.125. The van der Waals surface area contributed by atoms with Crippen molar-refractivity contribution in [3.05, 3.63) is 33.9 Å². The number of carboxylic acid groups (broad SMARTS) is 1. The van der Waals surface area contributed by atoms with Crippen molar-refractivity contribution in [2.24, 2.45) is 11.7 Å². The van der Waals surface area contributed by atoms with Gasteiger partial charge in [0.2, 0.25) is 5.43 Å². The third kappa shape index (κ3) is 3.23. The molecular weight excluding hydrogens is 384 g/mol. The molecule has 0 radical (unpaired) electrons. The van der Waals surface area contributed by atoms with E-state index in [-0.39, 0.29) is 28.8 Å². The van der Waals surface area contributed by atoms with E-state index in [0.29, 0.717) is 25.6 Å². The molecule has 7 nitrogen and oxygen atoms in total. The molecule has 29 heavy (non-hydrogen) atoms. The Balaban J connectivity index is 1.96. The molecule has 1 aromatic carbocycles. The van der Waals surface area contributed by atoms with Gasteiger partial charge in [0.25, 0.3) is 0 Å². The molecule has 3 atom stereocenters. The van der Waals surface area contributed by atoms with Gasteiger partial charge in [0.15, 0.2) is 11.6 Å². The number of hydrogen-bond donors (Lipinski definition) is 2. The van der Waals surface area contributed by atoms with Crippen molar-refractivity contribution in [2.45, 2.75) is 31.5 Å². The minimum Gasteiger partial charge on any atom is -0.492 e. The molecule has 4 rings (SSSR count). The number of hydrogen-bond acceptors (Lipinski definition) is 5. The van der Waals surface area contributed by atoms with E-state index in [9.17, 15) is 19.1 Å². The fourth-order valence-corrected chi connectivity index (χ4v) is 4.29. The van der Waals surface area contributed by atoms with Gasteiger partial charge in [0.1, 0.15) is 17.4 Å². The Morgan fingerprint density at radius 3 is 2.76 bits per heavy atom.